The molecule has 1 N–H and O–H groups in total. The Morgan fingerprint density at radius 2 is 2.00 bits per heavy atom. The Labute approximate surface area is 155 Å². The molecule has 2 aromatic carbocycles. The largest absolute Gasteiger partial charge is 0.495 e. The van der Waals surface area contributed by atoms with E-state index in [-0.39, 0.29) is 9.92 Å². The Morgan fingerprint density at radius 1 is 1.20 bits per heavy atom. The monoisotopic (exact) mass is 394 g/mol. The highest BCUT2D eigenvalue weighted by Crippen LogP contribution is 2.29. The van der Waals surface area contributed by atoms with Gasteiger partial charge in [0.05, 0.1) is 27.7 Å². The van der Waals surface area contributed by atoms with Crippen molar-refractivity contribution in [3.63, 3.8) is 0 Å². The number of aromatic nitrogens is 1. The third kappa shape index (κ3) is 3.95. The van der Waals surface area contributed by atoms with Crippen LogP contribution in [0.1, 0.15) is 5.01 Å². The summed E-state index contributed by atoms with van der Waals surface area (Å²) in [6, 6.07) is 11.4. The normalized spacial score (nSPS) is 11.3. The summed E-state index contributed by atoms with van der Waals surface area (Å²) < 4.78 is 32.8. The van der Waals surface area contributed by atoms with E-state index < -0.39 is 10.0 Å². The number of ether oxygens (including phenoxy) is 1. The molecule has 3 rings (SSSR count). The number of methoxy groups -OCH3 is 1. The number of nitrogens with one attached hydrogen (secondary N) is 1. The van der Waals surface area contributed by atoms with Crippen LogP contribution < -0.4 is 9.46 Å². The molecule has 0 saturated heterocycles. The molecule has 5 nitrogen and oxygen atoms in total. The van der Waals surface area contributed by atoms with Gasteiger partial charge in [-0.1, -0.05) is 23.7 Å². The van der Waals surface area contributed by atoms with E-state index in [4.69, 9.17) is 16.3 Å². The quantitative estimate of drug-likeness (QED) is 0.687. The third-order valence-electron chi connectivity index (χ3n) is 3.46. The van der Waals surface area contributed by atoms with Crippen molar-refractivity contribution in [2.45, 2.75) is 11.8 Å². The van der Waals surface area contributed by atoms with E-state index in [1.807, 2.05) is 18.4 Å². The van der Waals surface area contributed by atoms with Gasteiger partial charge in [-0.15, -0.1) is 11.3 Å². The van der Waals surface area contributed by atoms with E-state index >= 15 is 0 Å². The maximum absolute atomic E-state index is 12.6. The van der Waals surface area contributed by atoms with E-state index in [2.05, 4.69) is 9.71 Å². The molecule has 0 bridgehead atoms. The number of halogens is 1. The minimum absolute atomic E-state index is 0.0632. The van der Waals surface area contributed by atoms with Gasteiger partial charge in [0.25, 0.3) is 10.0 Å². The Hall–Kier alpha value is -2.09. The van der Waals surface area contributed by atoms with E-state index in [0.29, 0.717) is 11.4 Å². The average molecular weight is 395 g/mol. The molecule has 8 heteroatoms. The zero-order valence-electron chi connectivity index (χ0n) is 13.5. The molecule has 0 aliphatic heterocycles. The Balaban J connectivity index is 1.89. The molecule has 1 heterocycles. The van der Waals surface area contributed by atoms with Crippen LogP contribution in [0.2, 0.25) is 5.02 Å². The first-order chi connectivity index (χ1) is 11.9. The van der Waals surface area contributed by atoms with Crippen LogP contribution in [0, 0.1) is 6.92 Å². The molecule has 0 aliphatic carbocycles. The molecule has 0 atom stereocenters. The summed E-state index contributed by atoms with van der Waals surface area (Å²) in [5.41, 5.74) is 2.11. The van der Waals surface area contributed by atoms with Crippen molar-refractivity contribution >= 4 is 38.6 Å². The number of anilines is 1. The van der Waals surface area contributed by atoms with Gasteiger partial charge in [0.15, 0.2) is 0 Å². The molecule has 0 saturated carbocycles. The van der Waals surface area contributed by atoms with Crippen molar-refractivity contribution in [2.75, 3.05) is 11.8 Å². The number of nitrogens with zero attached hydrogens (tertiary/aromatic N) is 1. The third-order valence-corrected chi connectivity index (χ3v) is 5.91. The molecule has 25 heavy (non-hydrogen) atoms. The van der Waals surface area contributed by atoms with Crippen molar-refractivity contribution in [3.8, 4) is 17.0 Å². The van der Waals surface area contributed by atoms with Crippen LogP contribution in [0.25, 0.3) is 11.3 Å². The summed E-state index contributed by atoms with van der Waals surface area (Å²) in [6.45, 7) is 1.92. The molecule has 0 amide bonds. The summed E-state index contributed by atoms with van der Waals surface area (Å²) >= 11 is 7.57. The number of aryl methyl sites for hydroxylation is 1. The number of rotatable bonds is 5. The van der Waals surface area contributed by atoms with Gasteiger partial charge in [0.1, 0.15) is 5.75 Å². The maximum Gasteiger partial charge on any atom is 0.261 e. The topological polar surface area (TPSA) is 68.3 Å². The molecular weight excluding hydrogens is 380 g/mol. The van der Waals surface area contributed by atoms with E-state index in [0.717, 1.165) is 16.3 Å². The van der Waals surface area contributed by atoms with Crippen LogP contribution in [-0.4, -0.2) is 20.5 Å². The SMILES string of the molecule is COc1ccc(S(=O)(=O)Nc2cccc(-c3csc(C)n3)c2)cc1Cl. The summed E-state index contributed by atoms with van der Waals surface area (Å²) in [5.74, 6) is 0.418. The van der Waals surface area contributed by atoms with Crippen molar-refractivity contribution in [2.24, 2.45) is 0 Å². The first-order valence-electron chi connectivity index (χ1n) is 7.28. The van der Waals surface area contributed by atoms with Gasteiger partial charge in [-0.3, -0.25) is 4.72 Å². The zero-order chi connectivity index (χ0) is 18.0. The first kappa shape index (κ1) is 17.7. The molecule has 0 aliphatic rings. The lowest BCUT2D eigenvalue weighted by Gasteiger charge is -2.10. The lowest BCUT2D eigenvalue weighted by molar-refractivity contribution is 0.414. The molecule has 0 unspecified atom stereocenters. The van der Waals surface area contributed by atoms with Gasteiger partial charge in [-0.2, -0.15) is 0 Å². The van der Waals surface area contributed by atoms with Gasteiger partial charge in [-0.05, 0) is 37.3 Å². The highest BCUT2D eigenvalue weighted by Gasteiger charge is 2.16. The van der Waals surface area contributed by atoms with Gasteiger partial charge in [-0.25, -0.2) is 13.4 Å². The first-order valence-corrected chi connectivity index (χ1v) is 10.0. The number of sulfonamides is 1. The predicted molar refractivity (Wildman–Crippen MR) is 101 cm³/mol. The van der Waals surface area contributed by atoms with Gasteiger partial charge in [0, 0.05) is 16.6 Å². The number of thiazole rings is 1. The highest BCUT2D eigenvalue weighted by molar-refractivity contribution is 7.92. The molecule has 1 aromatic heterocycles. The van der Waals surface area contributed by atoms with Crippen molar-refractivity contribution in [1.29, 1.82) is 0 Å². The van der Waals surface area contributed by atoms with Crippen LogP contribution in [0.5, 0.6) is 5.75 Å². The van der Waals surface area contributed by atoms with Crippen LogP contribution >= 0.6 is 22.9 Å². The molecule has 130 valence electrons. The van der Waals surface area contributed by atoms with Crippen LogP contribution in [0.15, 0.2) is 52.7 Å². The van der Waals surface area contributed by atoms with E-state index in [1.165, 1.54) is 25.3 Å². The molecule has 0 fully saturated rings. The van der Waals surface area contributed by atoms with Crippen LogP contribution in [0.3, 0.4) is 0 Å². The number of hydrogen-bond acceptors (Lipinski definition) is 5. The second kappa shape index (κ2) is 7.03. The van der Waals surface area contributed by atoms with Gasteiger partial charge in [0.2, 0.25) is 0 Å². The lowest BCUT2D eigenvalue weighted by Crippen LogP contribution is -2.13. The Bertz CT molecular complexity index is 1020. The minimum Gasteiger partial charge on any atom is -0.495 e. The zero-order valence-corrected chi connectivity index (χ0v) is 15.9. The van der Waals surface area contributed by atoms with Crippen molar-refractivity contribution in [3.05, 3.63) is 57.9 Å². The number of hydrogen-bond donors (Lipinski definition) is 1. The van der Waals surface area contributed by atoms with Gasteiger partial charge >= 0.3 is 0 Å². The van der Waals surface area contributed by atoms with E-state index in [1.54, 1.807) is 29.5 Å². The van der Waals surface area contributed by atoms with Gasteiger partial charge < -0.3 is 4.74 Å². The predicted octanol–water partition coefficient (Wildman–Crippen LogP) is 4.58. The van der Waals surface area contributed by atoms with Crippen LogP contribution in [0.4, 0.5) is 5.69 Å². The summed E-state index contributed by atoms with van der Waals surface area (Å²) in [5, 5.41) is 3.12. The molecular formula is C17H15ClN2O3S2. The fourth-order valence-electron chi connectivity index (χ4n) is 2.27. The minimum atomic E-state index is -3.76. The summed E-state index contributed by atoms with van der Waals surface area (Å²) in [4.78, 5) is 4.48. The van der Waals surface area contributed by atoms with Crippen LogP contribution in [-0.2, 0) is 10.0 Å². The Morgan fingerprint density at radius 3 is 2.64 bits per heavy atom. The maximum atomic E-state index is 12.6. The average Bonchev–Trinajstić information content (AvgIpc) is 3.01. The fraction of sp³-hybridized carbons (Fsp3) is 0.118. The smallest absolute Gasteiger partial charge is 0.261 e. The molecule has 3 aromatic rings. The second-order valence-corrected chi connectivity index (χ2v) is 8.39. The summed E-state index contributed by atoms with van der Waals surface area (Å²) in [6.07, 6.45) is 0. The van der Waals surface area contributed by atoms with E-state index in [9.17, 15) is 8.42 Å². The summed E-state index contributed by atoms with van der Waals surface area (Å²) in [7, 11) is -2.29. The van der Waals surface area contributed by atoms with Crippen molar-refractivity contribution < 1.29 is 13.2 Å². The fourth-order valence-corrected chi connectivity index (χ4v) is 4.29. The number of benzene rings is 2. The highest BCUT2D eigenvalue weighted by atomic mass is 35.5. The van der Waals surface area contributed by atoms with Crippen molar-refractivity contribution in [1.82, 2.24) is 4.98 Å². The second-order valence-electron chi connectivity index (χ2n) is 5.23. The molecule has 0 spiro atoms. The standard InChI is InChI=1S/C17H15ClN2O3S2/c1-11-19-16(10-24-11)12-4-3-5-13(8-12)20-25(21,22)14-6-7-17(23-2)15(18)9-14/h3-10,20H,1-2H3. The lowest BCUT2D eigenvalue weighted by atomic mass is 10.1. The Kier molecular flexibility index (Phi) is 4.99. The molecule has 0 radical (unpaired) electrons.